The van der Waals surface area contributed by atoms with Crippen LogP contribution < -0.4 is 4.74 Å². The molecule has 0 spiro atoms. The number of methoxy groups -OCH3 is 1. The normalized spacial score (nSPS) is 15.8. The van der Waals surface area contributed by atoms with E-state index in [0.29, 0.717) is 0 Å². The number of benzene rings is 2. The van der Waals surface area contributed by atoms with Crippen molar-refractivity contribution in [2.24, 2.45) is 0 Å². The molecule has 0 aromatic heterocycles. The largest absolute Gasteiger partial charge is 0.497 e. The number of hydrogen-bond acceptors (Lipinski definition) is 4. The zero-order valence-electron chi connectivity index (χ0n) is 14.1. The van der Waals surface area contributed by atoms with Crippen molar-refractivity contribution in [3.05, 3.63) is 65.2 Å². The van der Waals surface area contributed by atoms with Gasteiger partial charge in [-0.2, -0.15) is 5.26 Å². The molecule has 0 N–H and O–H groups in total. The lowest BCUT2D eigenvalue weighted by Crippen LogP contribution is -2.45. The van der Waals surface area contributed by atoms with Gasteiger partial charge in [-0.15, -0.1) is 0 Å². The topological polar surface area (TPSA) is 39.5 Å². The van der Waals surface area contributed by atoms with Gasteiger partial charge in [-0.25, -0.2) is 0 Å². The van der Waals surface area contributed by atoms with Crippen LogP contribution in [0.5, 0.6) is 5.75 Å². The van der Waals surface area contributed by atoms with Crippen molar-refractivity contribution < 1.29 is 4.74 Å². The predicted octanol–water partition coefficient (Wildman–Crippen LogP) is 2.88. The highest BCUT2D eigenvalue weighted by Crippen LogP contribution is 2.16. The first-order valence-electron chi connectivity index (χ1n) is 8.33. The summed E-state index contributed by atoms with van der Waals surface area (Å²) in [6, 6.07) is 18.4. The first kappa shape index (κ1) is 16.5. The maximum absolute atomic E-state index is 8.86. The SMILES string of the molecule is COc1cccc(CN2CCN(Cc3ccc(C#N)cc3)CC2)c1. The van der Waals surface area contributed by atoms with Crippen LogP contribution in [0.4, 0.5) is 0 Å². The second-order valence-electron chi connectivity index (χ2n) is 6.21. The van der Waals surface area contributed by atoms with Crippen LogP contribution in [0.25, 0.3) is 0 Å². The smallest absolute Gasteiger partial charge is 0.119 e. The van der Waals surface area contributed by atoms with E-state index in [4.69, 9.17) is 10.00 Å². The molecule has 1 aliphatic heterocycles. The number of nitriles is 1. The third kappa shape index (κ3) is 4.35. The average molecular weight is 321 g/mol. The Labute approximate surface area is 143 Å². The van der Waals surface area contributed by atoms with Gasteiger partial charge in [0.15, 0.2) is 0 Å². The van der Waals surface area contributed by atoms with E-state index in [1.807, 2.05) is 18.2 Å². The van der Waals surface area contributed by atoms with Crippen molar-refractivity contribution in [2.75, 3.05) is 33.3 Å². The van der Waals surface area contributed by atoms with E-state index in [1.165, 1.54) is 11.1 Å². The van der Waals surface area contributed by atoms with Gasteiger partial charge in [-0.3, -0.25) is 9.80 Å². The van der Waals surface area contributed by atoms with Gasteiger partial charge < -0.3 is 4.74 Å². The van der Waals surface area contributed by atoms with Crippen molar-refractivity contribution in [3.8, 4) is 11.8 Å². The summed E-state index contributed by atoms with van der Waals surface area (Å²) in [5.41, 5.74) is 3.30. The lowest BCUT2D eigenvalue weighted by atomic mass is 10.1. The number of ether oxygens (including phenoxy) is 1. The van der Waals surface area contributed by atoms with Crippen LogP contribution in [-0.4, -0.2) is 43.1 Å². The molecule has 1 fully saturated rings. The second kappa shape index (κ2) is 7.96. The maximum atomic E-state index is 8.86. The Morgan fingerprint density at radius 1 is 0.917 bits per heavy atom. The van der Waals surface area contributed by atoms with Crippen molar-refractivity contribution >= 4 is 0 Å². The molecule has 2 aromatic rings. The second-order valence-corrected chi connectivity index (χ2v) is 6.21. The van der Waals surface area contributed by atoms with Gasteiger partial charge in [0.05, 0.1) is 18.7 Å². The molecule has 2 aromatic carbocycles. The van der Waals surface area contributed by atoms with E-state index < -0.39 is 0 Å². The van der Waals surface area contributed by atoms with Gasteiger partial charge in [-0.1, -0.05) is 24.3 Å². The Balaban J connectivity index is 1.49. The molecule has 0 bridgehead atoms. The summed E-state index contributed by atoms with van der Waals surface area (Å²) >= 11 is 0. The molecule has 1 heterocycles. The number of piperazine rings is 1. The quantitative estimate of drug-likeness (QED) is 0.849. The maximum Gasteiger partial charge on any atom is 0.119 e. The van der Waals surface area contributed by atoms with Crippen LogP contribution in [0, 0.1) is 11.3 Å². The third-order valence-electron chi connectivity index (χ3n) is 4.49. The summed E-state index contributed by atoms with van der Waals surface area (Å²) in [6.07, 6.45) is 0. The van der Waals surface area contributed by atoms with Crippen molar-refractivity contribution in [1.82, 2.24) is 9.80 Å². The number of nitrogens with zero attached hydrogens (tertiary/aromatic N) is 3. The highest BCUT2D eigenvalue weighted by atomic mass is 16.5. The average Bonchev–Trinajstić information content (AvgIpc) is 2.64. The molecule has 124 valence electrons. The predicted molar refractivity (Wildman–Crippen MR) is 94.7 cm³/mol. The molecule has 24 heavy (non-hydrogen) atoms. The van der Waals surface area contributed by atoms with E-state index in [-0.39, 0.29) is 0 Å². The van der Waals surface area contributed by atoms with E-state index in [1.54, 1.807) is 7.11 Å². The summed E-state index contributed by atoms with van der Waals surface area (Å²) in [4.78, 5) is 4.97. The van der Waals surface area contributed by atoms with Gasteiger partial charge in [-0.05, 0) is 35.4 Å². The van der Waals surface area contributed by atoms with Gasteiger partial charge in [0.1, 0.15) is 5.75 Å². The molecule has 4 heteroatoms. The summed E-state index contributed by atoms with van der Waals surface area (Å²) in [5.74, 6) is 0.923. The van der Waals surface area contributed by atoms with Crippen LogP contribution in [0.15, 0.2) is 48.5 Å². The van der Waals surface area contributed by atoms with E-state index in [2.05, 4.69) is 46.2 Å². The Morgan fingerprint density at radius 3 is 2.12 bits per heavy atom. The summed E-state index contributed by atoms with van der Waals surface area (Å²) in [7, 11) is 1.71. The molecular weight excluding hydrogens is 298 g/mol. The third-order valence-corrected chi connectivity index (χ3v) is 4.49. The fraction of sp³-hybridized carbons (Fsp3) is 0.350. The molecule has 0 aliphatic carbocycles. The molecular formula is C20H23N3O. The Bertz CT molecular complexity index is 698. The lowest BCUT2D eigenvalue weighted by molar-refractivity contribution is 0.122. The first-order valence-corrected chi connectivity index (χ1v) is 8.33. The minimum absolute atomic E-state index is 0.724. The first-order chi connectivity index (χ1) is 11.8. The van der Waals surface area contributed by atoms with Gasteiger partial charge in [0.2, 0.25) is 0 Å². The highest BCUT2D eigenvalue weighted by molar-refractivity contribution is 5.31. The molecule has 0 atom stereocenters. The summed E-state index contributed by atoms with van der Waals surface area (Å²) in [6.45, 7) is 6.23. The molecule has 0 unspecified atom stereocenters. The van der Waals surface area contributed by atoms with Crippen LogP contribution in [0.3, 0.4) is 0 Å². The van der Waals surface area contributed by atoms with Gasteiger partial charge in [0.25, 0.3) is 0 Å². The molecule has 0 amide bonds. The number of rotatable bonds is 5. The molecule has 4 nitrogen and oxygen atoms in total. The standard InChI is InChI=1S/C20H23N3O/c1-24-20-4-2-3-19(13-20)16-23-11-9-22(10-12-23)15-18-7-5-17(14-21)6-8-18/h2-8,13H,9-12,15-16H2,1H3. The van der Waals surface area contributed by atoms with Crippen LogP contribution in [0.1, 0.15) is 16.7 Å². The van der Waals surface area contributed by atoms with Crippen LogP contribution >= 0.6 is 0 Å². The minimum atomic E-state index is 0.724. The summed E-state index contributed by atoms with van der Waals surface area (Å²) in [5, 5.41) is 8.86. The lowest BCUT2D eigenvalue weighted by Gasteiger charge is -2.34. The Morgan fingerprint density at radius 2 is 1.54 bits per heavy atom. The van der Waals surface area contributed by atoms with Crippen LogP contribution in [0.2, 0.25) is 0 Å². The monoisotopic (exact) mass is 321 g/mol. The molecule has 0 radical (unpaired) electrons. The Hall–Kier alpha value is -2.35. The zero-order chi connectivity index (χ0) is 16.8. The Kier molecular flexibility index (Phi) is 5.47. The van der Waals surface area contributed by atoms with Crippen molar-refractivity contribution in [2.45, 2.75) is 13.1 Å². The number of hydrogen-bond donors (Lipinski definition) is 0. The van der Waals surface area contributed by atoms with Crippen molar-refractivity contribution in [3.63, 3.8) is 0 Å². The fourth-order valence-corrected chi connectivity index (χ4v) is 3.08. The zero-order valence-corrected chi connectivity index (χ0v) is 14.1. The molecule has 0 saturated carbocycles. The van der Waals surface area contributed by atoms with Gasteiger partial charge >= 0.3 is 0 Å². The molecule has 1 aliphatic rings. The van der Waals surface area contributed by atoms with E-state index in [9.17, 15) is 0 Å². The van der Waals surface area contributed by atoms with Crippen molar-refractivity contribution in [1.29, 1.82) is 5.26 Å². The van der Waals surface area contributed by atoms with Crippen LogP contribution in [-0.2, 0) is 13.1 Å². The van der Waals surface area contributed by atoms with E-state index in [0.717, 1.165) is 50.6 Å². The molecule has 3 rings (SSSR count). The van der Waals surface area contributed by atoms with E-state index >= 15 is 0 Å². The fourth-order valence-electron chi connectivity index (χ4n) is 3.08. The summed E-state index contributed by atoms with van der Waals surface area (Å²) < 4.78 is 5.30. The highest BCUT2D eigenvalue weighted by Gasteiger charge is 2.17. The van der Waals surface area contributed by atoms with Gasteiger partial charge in [0, 0.05) is 39.3 Å². The minimum Gasteiger partial charge on any atom is -0.497 e. The molecule has 1 saturated heterocycles.